The maximum absolute atomic E-state index is 11.4. The van der Waals surface area contributed by atoms with Crippen LogP contribution in [0.15, 0.2) is 0 Å². The molecule has 0 amide bonds. The van der Waals surface area contributed by atoms with Crippen molar-refractivity contribution in [2.75, 3.05) is 13.7 Å². The summed E-state index contributed by atoms with van der Waals surface area (Å²) in [6, 6.07) is 0. The van der Waals surface area contributed by atoms with Gasteiger partial charge in [0.1, 0.15) is 5.25 Å². The second kappa shape index (κ2) is 12.6. The zero-order valence-electron chi connectivity index (χ0n) is 13.1. The van der Waals surface area contributed by atoms with Gasteiger partial charge in [-0.25, -0.2) is 0 Å². The van der Waals surface area contributed by atoms with Gasteiger partial charge in [0.2, 0.25) is 0 Å². The minimum absolute atomic E-state index is 0.354. The first-order chi connectivity index (χ1) is 9.58. The summed E-state index contributed by atoms with van der Waals surface area (Å²) >= 11 is 0. The van der Waals surface area contributed by atoms with Crippen LogP contribution in [0, 0.1) is 0 Å². The molecule has 1 atom stereocenters. The molecule has 0 saturated heterocycles. The number of aliphatic hydroxyl groups excluding tert-OH is 1. The van der Waals surface area contributed by atoms with Crippen molar-refractivity contribution >= 4 is 10.1 Å². The molecule has 0 aliphatic heterocycles. The highest BCUT2D eigenvalue weighted by molar-refractivity contribution is 7.87. The van der Waals surface area contributed by atoms with E-state index in [-0.39, 0.29) is 6.61 Å². The third-order valence-electron chi connectivity index (χ3n) is 3.72. The van der Waals surface area contributed by atoms with E-state index in [1.165, 1.54) is 44.9 Å². The molecule has 0 saturated carbocycles. The molecule has 0 aliphatic rings. The summed E-state index contributed by atoms with van der Waals surface area (Å²) in [6.07, 6.45) is 12.7. The van der Waals surface area contributed by atoms with Crippen molar-refractivity contribution in [1.82, 2.24) is 0 Å². The lowest BCUT2D eigenvalue weighted by Crippen LogP contribution is -2.26. The van der Waals surface area contributed by atoms with Crippen LogP contribution >= 0.6 is 0 Å². The Morgan fingerprint density at radius 1 is 0.900 bits per heavy atom. The van der Waals surface area contributed by atoms with Gasteiger partial charge < -0.3 is 5.11 Å². The van der Waals surface area contributed by atoms with Gasteiger partial charge in [0.05, 0.1) is 13.7 Å². The van der Waals surface area contributed by atoms with Crippen LogP contribution < -0.4 is 0 Å². The molecule has 0 heterocycles. The van der Waals surface area contributed by atoms with Gasteiger partial charge in [-0.2, -0.15) is 8.42 Å². The minimum Gasteiger partial charge on any atom is -0.395 e. The topological polar surface area (TPSA) is 63.6 Å². The molecule has 0 aromatic heterocycles. The zero-order chi connectivity index (χ0) is 15.3. The molecule has 0 radical (unpaired) electrons. The Balaban J connectivity index is 3.47. The summed E-state index contributed by atoms with van der Waals surface area (Å²) in [5.74, 6) is 0. The van der Waals surface area contributed by atoms with E-state index in [0.29, 0.717) is 6.42 Å². The van der Waals surface area contributed by atoms with Crippen LogP contribution in [0.25, 0.3) is 0 Å². The Morgan fingerprint density at radius 2 is 1.35 bits per heavy atom. The van der Waals surface area contributed by atoms with E-state index < -0.39 is 15.4 Å². The summed E-state index contributed by atoms with van der Waals surface area (Å²) < 4.78 is 27.3. The molecule has 0 spiro atoms. The molecule has 0 rings (SSSR count). The lowest BCUT2D eigenvalue weighted by molar-refractivity contribution is 0.270. The highest BCUT2D eigenvalue weighted by atomic mass is 32.2. The van der Waals surface area contributed by atoms with Crippen molar-refractivity contribution in [3.63, 3.8) is 0 Å². The maximum atomic E-state index is 11.4. The third kappa shape index (κ3) is 9.72. The van der Waals surface area contributed by atoms with E-state index in [9.17, 15) is 8.42 Å². The van der Waals surface area contributed by atoms with Gasteiger partial charge in [-0.15, -0.1) is 0 Å². The van der Waals surface area contributed by atoms with Crippen molar-refractivity contribution in [1.29, 1.82) is 0 Å². The standard InChI is InChI=1S/C15H32O4S/c1-3-4-5-6-7-8-9-10-11-12-13-15(14-16)20(17,18)19-2/h15-16H,3-14H2,1-2H3. The Bertz CT molecular complexity index is 301. The molecule has 0 aromatic carbocycles. The van der Waals surface area contributed by atoms with Crippen LogP contribution in [0.2, 0.25) is 0 Å². The summed E-state index contributed by atoms with van der Waals surface area (Å²) in [7, 11) is -2.42. The molecule has 1 unspecified atom stereocenters. The average Bonchev–Trinajstić information content (AvgIpc) is 2.44. The van der Waals surface area contributed by atoms with Crippen LogP contribution in [0.4, 0.5) is 0 Å². The second-order valence-electron chi connectivity index (χ2n) is 5.43. The van der Waals surface area contributed by atoms with Crippen molar-refractivity contribution in [3.8, 4) is 0 Å². The first kappa shape index (κ1) is 19.9. The van der Waals surface area contributed by atoms with E-state index >= 15 is 0 Å². The third-order valence-corrected chi connectivity index (χ3v) is 5.39. The monoisotopic (exact) mass is 308 g/mol. The Hall–Kier alpha value is -0.130. The van der Waals surface area contributed by atoms with Crippen molar-refractivity contribution in [2.24, 2.45) is 0 Å². The maximum Gasteiger partial charge on any atom is 0.272 e. The summed E-state index contributed by atoms with van der Waals surface area (Å²) in [5, 5.41) is 8.31. The van der Waals surface area contributed by atoms with E-state index in [2.05, 4.69) is 11.1 Å². The normalized spacial score (nSPS) is 13.6. The van der Waals surface area contributed by atoms with E-state index in [4.69, 9.17) is 5.11 Å². The van der Waals surface area contributed by atoms with Crippen LogP contribution in [0.3, 0.4) is 0 Å². The molecule has 20 heavy (non-hydrogen) atoms. The van der Waals surface area contributed by atoms with Crippen molar-refractivity contribution < 1.29 is 17.7 Å². The number of hydrogen-bond acceptors (Lipinski definition) is 4. The predicted octanol–water partition coefficient (Wildman–Crippen LogP) is 3.63. The molecule has 1 N–H and O–H groups in total. The fourth-order valence-corrected chi connectivity index (χ4v) is 3.23. The molecule has 5 heteroatoms. The smallest absolute Gasteiger partial charge is 0.272 e. The van der Waals surface area contributed by atoms with Crippen LogP contribution in [-0.2, 0) is 14.3 Å². The quantitative estimate of drug-likeness (QED) is 0.393. The number of rotatable bonds is 14. The fraction of sp³-hybridized carbons (Fsp3) is 1.00. The Kier molecular flexibility index (Phi) is 12.5. The number of aliphatic hydroxyl groups is 1. The van der Waals surface area contributed by atoms with Gasteiger partial charge >= 0.3 is 0 Å². The molecule has 4 nitrogen and oxygen atoms in total. The highest BCUT2D eigenvalue weighted by Crippen LogP contribution is 2.15. The van der Waals surface area contributed by atoms with Crippen LogP contribution in [0.5, 0.6) is 0 Å². The van der Waals surface area contributed by atoms with Gasteiger partial charge in [0.15, 0.2) is 0 Å². The molecule has 122 valence electrons. The molecule has 0 bridgehead atoms. The van der Waals surface area contributed by atoms with Gasteiger partial charge in [-0.3, -0.25) is 4.18 Å². The van der Waals surface area contributed by atoms with Crippen molar-refractivity contribution in [3.05, 3.63) is 0 Å². The van der Waals surface area contributed by atoms with Gasteiger partial charge in [-0.1, -0.05) is 71.1 Å². The molecule has 0 aromatic rings. The highest BCUT2D eigenvalue weighted by Gasteiger charge is 2.23. The number of hydrogen-bond donors (Lipinski definition) is 1. The van der Waals surface area contributed by atoms with Gasteiger partial charge in [0.25, 0.3) is 10.1 Å². The summed E-state index contributed by atoms with van der Waals surface area (Å²) in [5.41, 5.74) is 0. The van der Waals surface area contributed by atoms with Crippen LogP contribution in [0.1, 0.15) is 77.6 Å². The second-order valence-corrected chi connectivity index (χ2v) is 7.42. The zero-order valence-corrected chi connectivity index (χ0v) is 14.0. The first-order valence-corrected chi connectivity index (χ1v) is 9.46. The minimum atomic E-state index is -3.57. The van der Waals surface area contributed by atoms with Gasteiger partial charge in [-0.05, 0) is 6.42 Å². The lowest BCUT2D eigenvalue weighted by Gasteiger charge is -2.12. The Labute approximate surface area is 125 Å². The Morgan fingerprint density at radius 3 is 1.75 bits per heavy atom. The number of unbranched alkanes of at least 4 members (excludes halogenated alkanes) is 9. The molecular weight excluding hydrogens is 276 g/mol. The SMILES string of the molecule is CCCCCCCCCCCCC(CO)S(=O)(=O)OC. The fourth-order valence-electron chi connectivity index (χ4n) is 2.32. The van der Waals surface area contributed by atoms with Crippen molar-refractivity contribution in [2.45, 2.75) is 82.8 Å². The largest absolute Gasteiger partial charge is 0.395 e. The predicted molar refractivity (Wildman–Crippen MR) is 83.3 cm³/mol. The van der Waals surface area contributed by atoms with Gasteiger partial charge in [0, 0.05) is 0 Å². The average molecular weight is 308 g/mol. The van der Waals surface area contributed by atoms with E-state index in [1.54, 1.807) is 0 Å². The first-order valence-electron chi connectivity index (χ1n) is 7.98. The molecule has 0 aliphatic carbocycles. The van der Waals surface area contributed by atoms with Crippen LogP contribution in [-0.4, -0.2) is 32.5 Å². The molecule has 0 fully saturated rings. The van der Waals surface area contributed by atoms with E-state index in [1.807, 2.05) is 0 Å². The summed E-state index contributed by atoms with van der Waals surface area (Å²) in [6.45, 7) is 1.87. The molecular formula is C15H32O4S. The summed E-state index contributed by atoms with van der Waals surface area (Å²) in [4.78, 5) is 0. The van der Waals surface area contributed by atoms with E-state index in [0.717, 1.165) is 26.4 Å². The lowest BCUT2D eigenvalue weighted by atomic mass is 10.1.